The van der Waals surface area contributed by atoms with Crippen molar-refractivity contribution in [2.45, 2.75) is 44.1 Å². The molecule has 8 nitrogen and oxygen atoms in total. The van der Waals surface area contributed by atoms with Gasteiger partial charge in [-0.25, -0.2) is 9.67 Å². The van der Waals surface area contributed by atoms with Gasteiger partial charge in [-0.15, -0.1) is 5.10 Å². The van der Waals surface area contributed by atoms with Gasteiger partial charge in [0.1, 0.15) is 0 Å². The highest BCUT2D eigenvalue weighted by molar-refractivity contribution is 7.99. The van der Waals surface area contributed by atoms with Crippen molar-refractivity contribution in [1.82, 2.24) is 25.2 Å². The van der Waals surface area contributed by atoms with Crippen LogP contribution in [0.25, 0.3) is 10.2 Å². The van der Waals surface area contributed by atoms with Gasteiger partial charge in [-0.3, -0.25) is 9.69 Å². The van der Waals surface area contributed by atoms with Gasteiger partial charge in [0.25, 0.3) is 0 Å². The maximum Gasteiger partial charge on any atom is 0.239 e. The molecule has 0 aliphatic carbocycles. The number of carbonyl (C=O) groups excluding carboxylic acids is 1. The van der Waals surface area contributed by atoms with E-state index in [9.17, 15) is 4.79 Å². The molecule has 2 aromatic heterocycles. The summed E-state index contributed by atoms with van der Waals surface area (Å²) in [5.41, 5.74) is 3.09. The largest absolute Gasteiger partial charge is 0.376 e. The van der Waals surface area contributed by atoms with E-state index in [0.29, 0.717) is 23.4 Å². The summed E-state index contributed by atoms with van der Waals surface area (Å²) in [5, 5.41) is 13.3. The summed E-state index contributed by atoms with van der Waals surface area (Å²) in [4.78, 5) is 20.0. The minimum absolute atomic E-state index is 0.0350. The van der Waals surface area contributed by atoms with Crippen LogP contribution in [0.2, 0.25) is 0 Å². The number of thioether (sulfide) groups is 1. The van der Waals surface area contributed by atoms with E-state index in [4.69, 9.17) is 9.72 Å². The predicted octanol–water partition coefficient (Wildman–Crippen LogP) is 4.10. The molecule has 170 valence electrons. The third-order valence-electron chi connectivity index (χ3n) is 5.55. The lowest BCUT2D eigenvalue weighted by Crippen LogP contribution is -2.32. The highest BCUT2D eigenvalue weighted by Gasteiger charge is 2.23. The van der Waals surface area contributed by atoms with E-state index in [1.165, 1.54) is 23.1 Å². The van der Waals surface area contributed by atoms with Gasteiger partial charge in [0, 0.05) is 6.61 Å². The first-order valence-electron chi connectivity index (χ1n) is 10.9. The monoisotopic (exact) mass is 480 g/mol. The van der Waals surface area contributed by atoms with Gasteiger partial charge in [-0.1, -0.05) is 65.6 Å². The Morgan fingerprint density at radius 3 is 2.91 bits per heavy atom. The Morgan fingerprint density at radius 2 is 2.12 bits per heavy atom. The first-order chi connectivity index (χ1) is 16.2. The fraction of sp³-hybridized carbons (Fsp3) is 0.348. The lowest BCUT2D eigenvalue weighted by Gasteiger charge is -2.20. The van der Waals surface area contributed by atoms with Gasteiger partial charge >= 0.3 is 0 Å². The molecule has 1 aliphatic heterocycles. The molecule has 1 aliphatic rings. The molecule has 0 radical (unpaired) electrons. The smallest absolute Gasteiger partial charge is 0.239 e. The molecule has 0 bridgehead atoms. The number of hydrogen-bond donors (Lipinski definition) is 0. The fourth-order valence-corrected chi connectivity index (χ4v) is 5.64. The van der Waals surface area contributed by atoms with Gasteiger partial charge in [0.05, 0.1) is 35.2 Å². The van der Waals surface area contributed by atoms with Crippen molar-refractivity contribution in [2.24, 2.45) is 0 Å². The summed E-state index contributed by atoms with van der Waals surface area (Å²) in [6.07, 6.45) is 2.19. The van der Waals surface area contributed by atoms with Gasteiger partial charge in [0.2, 0.25) is 11.1 Å². The molecule has 5 rings (SSSR count). The van der Waals surface area contributed by atoms with Crippen LogP contribution in [0.5, 0.6) is 0 Å². The second-order valence-corrected chi connectivity index (χ2v) is 9.90. The third-order valence-corrected chi connectivity index (χ3v) is 7.53. The fourth-order valence-electron chi connectivity index (χ4n) is 3.82. The SMILES string of the molecule is Cc1cccc2sc(N(Cc3ccccc3)C(=O)CSc3nnnn3C[C@H]3CCCO3)nc12. The van der Waals surface area contributed by atoms with Crippen molar-refractivity contribution in [3.8, 4) is 0 Å². The molecular formula is C23H24N6O2S2. The molecule has 2 aromatic carbocycles. The highest BCUT2D eigenvalue weighted by Crippen LogP contribution is 2.32. The van der Waals surface area contributed by atoms with Crippen molar-refractivity contribution in [3.63, 3.8) is 0 Å². The number of fused-ring (bicyclic) bond motifs is 1. The van der Waals surface area contributed by atoms with E-state index < -0.39 is 0 Å². The van der Waals surface area contributed by atoms with E-state index in [0.717, 1.165) is 40.8 Å². The molecule has 0 unspecified atom stereocenters. The number of tetrazole rings is 1. The molecule has 10 heteroatoms. The summed E-state index contributed by atoms with van der Waals surface area (Å²) in [6.45, 7) is 3.89. The number of amides is 1. The van der Waals surface area contributed by atoms with Gasteiger partial charge < -0.3 is 4.74 Å². The number of aromatic nitrogens is 5. The summed E-state index contributed by atoms with van der Waals surface area (Å²) in [5.74, 6) is 0.181. The van der Waals surface area contributed by atoms with E-state index >= 15 is 0 Å². The van der Waals surface area contributed by atoms with E-state index in [2.05, 4.69) is 15.5 Å². The van der Waals surface area contributed by atoms with Crippen LogP contribution >= 0.6 is 23.1 Å². The molecule has 1 atom stereocenters. The zero-order valence-electron chi connectivity index (χ0n) is 18.3. The number of thiazole rings is 1. The average Bonchev–Trinajstić information content (AvgIpc) is 3.59. The topological polar surface area (TPSA) is 86.0 Å². The molecule has 0 saturated carbocycles. The van der Waals surface area contributed by atoms with Gasteiger partial charge in [0.15, 0.2) is 5.13 Å². The predicted molar refractivity (Wildman–Crippen MR) is 130 cm³/mol. The van der Waals surface area contributed by atoms with Crippen molar-refractivity contribution in [2.75, 3.05) is 17.3 Å². The Hall–Kier alpha value is -2.82. The number of carbonyl (C=O) groups is 1. The normalized spacial score (nSPS) is 15.8. The second kappa shape index (κ2) is 9.98. The van der Waals surface area contributed by atoms with Crippen molar-refractivity contribution < 1.29 is 9.53 Å². The van der Waals surface area contributed by atoms with Crippen LogP contribution in [-0.4, -0.2) is 49.6 Å². The van der Waals surface area contributed by atoms with Crippen molar-refractivity contribution in [1.29, 1.82) is 0 Å². The number of benzene rings is 2. The van der Waals surface area contributed by atoms with Crippen LogP contribution in [0.15, 0.2) is 53.7 Å². The van der Waals surface area contributed by atoms with E-state index in [1.807, 2.05) is 55.5 Å². The molecule has 0 N–H and O–H groups in total. The Labute approximate surface area is 200 Å². The average molecular weight is 481 g/mol. The number of rotatable bonds is 8. The third kappa shape index (κ3) is 5.07. The second-order valence-electron chi connectivity index (χ2n) is 7.95. The van der Waals surface area contributed by atoms with Crippen LogP contribution in [-0.2, 0) is 22.6 Å². The number of ether oxygens (including phenoxy) is 1. The summed E-state index contributed by atoms with van der Waals surface area (Å²) < 4.78 is 8.51. The van der Waals surface area contributed by atoms with Crippen LogP contribution in [0.1, 0.15) is 24.0 Å². The van der Waals surface area contributed by atoms with Crippen molar-refractivity contribution >= 4 is 44.4 Å². The summed E-state index contributed by atoms with van der Waals surface area (Å²) in [7, 11) is 0. The van der Waals surface area contributed by atoms with Crippen LogP contribution < -0.4 is 4.90 Å². The maximum absolute atomic E-state index is 13.4. The minimum Gasteiger partial charge on any atom is -0.376 e. The minimum atomic E-state index is -0.0350. The Balaban J connectivity index is 1.35. The van der Waals surface area contributed by atoms with Crippen LogP contribution in [0, 0.1) is 6.92 Å². The number of nitrogens with zero attached hydrogens (tertiary/aromatic N) is 6. The highest BCUT2D eigenvalue weighted by atomic mass is 32.2. The maximum atomic E-state index is 13.4. The molecule has 1 saturated heterocycles. The molecule has 1 fully saturated rings. The zero-order chi connectivity index (χ0) is 22.6. The standard InChI is InChI=1S/C23H24N6O2S2/c1-16-7-5-11-19-21(16)24-22(33-19)28(13-17-8-3-2-4-9-17)20(30)15-32-23-25-26-27-29(23)14-18-10-6-12-31-18/h2-5,7-9,11,18H,6,10,12-15H2,1H3/t18-/m1/s1. The molecular weight excluding hydrogens is 456 g/mol. The lowest BCUT2D eigenvalue weighted by atomic mass is 10.2. The molecule has 33 heavy (non-hydrogen) atoms. The number of aryl methyl sites for hydroxylation is 1. The Kier molecular flexibility index (Phi) is 6.65. The van der Waals surface area contributed by atoms with Crippen LogP contribution in [0.3, 0.4) is 0 Å². The van der Waals surface area contributed by atoms with E-state index in [1.54, 1.807) is 9.58 Å². The Morgan fingerprint density at radius 1 is 1.24 bits per heavy atom. The first-order valence-corrected chi connectivity index (χ1v) is 12.7. The van der Waals surface area contributed by atoms with Gasteiger partial charge in [-0.05, 0) is 47.4 Å². The molecule has 1 amide bonds. The number of para-hydroxylation sites is 1. The Bertz CT molecular complexity index is 1240. The van der Waals surface area contributed by atoms with E-state index in [-0.39, 0.29) is 17.8 Å². The number of anilines is 1. The summed E-state index contributed by atoms with van der Waals surface area (Å²) in [6, 6.07) is 16.1. The zero-order valence-corrected chi connectivity index (χ0v) is 19.9. The molecule has 0 spiro atoms. The number of hydrogen-bond acceptors (Lipinski definition) is 8. The first kappa shape index (κ1) is 22.0. The quantitative estimate of drug-likeness (QED) is 0.351. The molecule has 4 aromatic rings. The summed E-state index contributed by atoms with van der Waals surface area (Å²) >= 11 is 2.88. The molecule has 3 heterocycles. The van der Waals surface area contributed by atoms with Gasteiger partial charge in [-0.2, -0.15) is 0 Å². The van der Waals surface area contributed by atoms with Crippen LogP contribution in [0.4, 0.5) is 5.13 Å². The lowest BCUT2D eigenvalue weighted by molar-refractivity contribution is -0.116. The van der Waals surface area contributed by atoms with Crippen molar-refractivity contribution in [3.05, 3.63) is 59.7 Å².